The lowest BCUT2D eigenvalue weighted by molar-refractivity contribution is 0.248. The van der Waals surface area contributed by atoms with E-state index in [2.05, 4.69) is 6.92 Å². The Kier molecular flexibility index (Phi) is 11.6. The third-order valence-corrected chi connectivity index (χ3v) is 9.67. The second-order valence-corrected chi connectivity index (χ2v) is 12.0. The van der Waals surface area contributed by atoms with Crippen LogP contribution in [0.1, 0.15) is 71.1 Å². The Morgan fingerprint density at radius 1 is 0.583 bits per heavy atom. The minimum Gasteiger partial charge on any atom is -0.511 e. The van der Waals surface area contributed by atoms with Crippen molar-refractivity contribution in [2.24, 2.45) is 0 Å². The summed E-state index contributed by atoms with van der Waals surface area (Å²) in [6, 6.07) is 20.8. The van der Waals surface area contributed by atoms with Crippen LogP contribution in [0.4, 0.5) is 13.2 Å². The van der Waals surface area contributed by atoms with Crippen molar-refractivity contribution in [3.8, 4) is 5.75 Å². The predicted molar refractivity (Wildman–Crippen MR) is 143 cm³/mol. The van der Waals surface area contributed by atoms with E-state index in [0.29, 0.717) is 6.61 Å². The zero-order valence-corrected chi connectivity index (χ0v) is 22.2. The topological polar surface area (TPSA) is 18.5 Å². The Hall–Kier alpha value is -2.57. The van der Waals surface area contributed by atoms with E-state index in [1.54, 1.807) is 0 Å². The molecule has 0 aliphatic heterocycles. The van der Waals surface area contributed by atoms with Gasteiger partial charge in [-0.05, 0) is 18.6 Å². The van der Waals surface area contributed by atoms with Crippen molar-refractivity contribution in [2.75, 3.05) is 6.61 Å². The van der Waals surface area contributed by atoms with Crippen molar-refractivity contribution in [1.82, 2.24) is 0 Å². The highest BCUT2D eigenvalue weighted by atomic mass is 28.4. The van der Waals surface area contributed by atoms with Gasteiger partial charge < -0.3 is 8.85 Å². The number of halogens is 3. The van der Waals surface area contributed by atoms with Gasteiger partial charge in [0, 0.05) is 17.0 Å². The van der Waals surface area contributed by atoms with E-state index in [9.17, 15) is 13.2 Å². The van der Waals surface area contributed by atoms with Gasteiger partial charge in [-0.2, -0.15) is 4.39 Å². The summed E-state index contributed by atoms with van der Waals surface area (Å²) in [7, 11) is -3.48. The molecule has 0 aliphatic rings. The standard InChI is InChI=1S/C30H37F3O2Si/c1-2-3-4-5-6-7-8-9-10-17-24-34-36(25-18-13-11-14-19-25,26-20-15-12-16-21-26)35-28-23-22-27(31)29(32)30(28)33/h11-16,18-23H,2-10,17,24H2,1H3. The van der Waals surface area contributed by atoms with E-state index in [0.717, 1.165) is 41.8 Å². The molecule has 0 bridgehead atoms. The van der Waals surface area contributed by atoms with E-state index in [-0.39, 0.29) is 5.75 Å². The number of hydrogen-bond acceptors (Lipinski definition) is 2. The summed E-state index contributed by atoms with van der Waals surface area (Å²) in [5.74, 6) is -4.50. The molecule has 0 saturated carbocycles. The van der Waals surface area contributed by atoms with Crippen molar-refractivity contribution in [3.63, 3.8) is 0 Å². The van der Waals surface area contributed by atoms with Crippen molar-refractivity contribution in [1.29, 1.82) is 0 Å². The van der Waals surface area contributed by atoms with Gasteiger partial charge in [0.25, 0.3) is 0 Å². The Morgan fingerprint density at radius 2 is 1.08 bits per heavy atom. The summed E-state index contributed by atoms with van der Waals surface area (Å²) >= 11 is 0. The molecule has 0 unspecified atom stereocenters. The molecule has 0 radical (unpaired) electrons. The molecule has 3 aromatic carbocycles. The fourth-order valence-corrected chi connectivity index (χ4v) is 7.47. The summed E-state index contributed by atoms with van der Waals surface area (Å²) in [4.78, 5) is 0. The molecule has 0 saturated heterocycles. The number of hydrogen-bond donors (Lipinski definition) is 0. The number of rotatable bonds is 16. The summed E-state index contributed by atoms with van der Waals surface area (Å²) in [5, 5.41) is 1.54. The highest BCUT2D eigenvalue weighted by molar-refractivity contribution is 6.93. The molecule has 0 heterocycles. The highest BCUT2D eigenvalue weighted by Crippen LogP contribution is 2.25. The number of benzene rings is 3. The minimum atomic E-state index is -3.48. The molecular weight excluding hydrogens is 477 g/mol. The van der Waals surface area contributed by atoms with Crippen molar-refractivity contribution < 1.29 is 22.0 Å². The largest absolute Gasteiger partial charge is 0.511 e. The number of unbranched alkanes of at least 4 members (excludes halogenated alkanes) is 9. The van der Waals surface area contributed by atoms with Gasteiger partial charge in [0.15, 0.2) is 11.6 Å². The third kappa shape index (κ3) is 7.71. The van der Waals surface area contributed by atoms with Crippen LogP contribution in [0.5, 0.6) is 5.75 Å². The van der Waals surface area contributed by atoms with Crippen LogP contribution in [-0.4, -0.2) is 15.2 Å². The molecule has 194 valence electrons. The first-order chi connectivity index (χ1) is 17.6. The first kappa shape index (κ1) is 28.0. The van der Waals surface area contributed by atoms with Gasteiger partial charge in [0.1, 0.15) is 5.75 Å². The van der Waals surface area contributed by atoms with Crippen molar-refractivity contribution >= 4 is 18.9 Å². The van der Waals surface area contributed by atoms with Crippen LogP contribution in [0.2, 0.25) is 0 Å². The maximum absolute atomic E-state index is 14.7. The first-order valence-electron chi connectivity index (χ1n) is 13.2. The average Bonchev–Trinajstić information content (AvgIpc) is 2.92. The van der Waals surface area contributed by atoms with E-state index >= 15 is 0 Å². The van der Waals surface area contributed by atoms with Gasteiger partial charge in [0.05, 0.1) is 0 Å². The zero-order valence-electron chi connectivity index (χ0n) is 21.2. The molecule has 6 heteroatoms. The molecule has 0 aliphatic carbocycles. The quantitative estimate of drug-likeness (QED) is 0.111. The van der Waals surface area contributed by atoms with Crippen LogP contribution in [0.15, 0.2) is 72.8 Å². The summed E-state index contributed by atoms with van der Waals surface area (Å²) in [6.07, 6.45) is 12.0. The Morgan fingerprint density at radius 3 is 1.61 bits per heavy atom. The lowest BCUT2D eigenvalue weighted by Gasteiger charge is -2.32. The SMILES string of the molecule is CCCCCCCCCCCCO[Si](Oc1ccc(F)c(F)c1F)(c1ccccc1)c1ccccc1. The van der Waals surface area contributed by atoms with E-state index in [4.69, 9.17) is 8.85 Å². The van der Waals surface area contributed by atoms with E-state index in [1.807, 2.05) is 60.7 Å². The van der Waals surface area contributed by atoms with Crippen LogP contribution >= 0.6 is 0 Å². The average molecular weight is 515 g/mol. The Bertz CT molecular complexity index is 992. The summed E-state index contributed by atoms with van der Waals surface area (Å²) in [6.45, 7) is 2.66. The van der Waals surface area contributed by atoms with Gasteiger partial charge in [-0.25, -0.2) is 8.78 Å². The first-order valence-corrected chi connectivity index (χ1v) is 15.0. The van der Waals surface area contributed by atoms with Gasteiger partial charge in [-0.15, -0.1) is 0 Å². The maximum Gasteiger partial charge on any atom is 0.468 e. The fourth-order valence-electron chi connectivity index (χ4n) is 4.34. The van der Waals surface area contributed by atoms with E-state index in [1.165, 1.54) is 44.9 Å². The molecule has 36 heavy (non-hydrogen) atoms. The lowest BCUT2D eigenvalue weighted by Crippen LogP contribution is -2.66. The van der Waals surface area contributed by atoms with Gasteiger partial charge in [-0.3, -0.25) is 0 Å². The molecule has 0 spiro atoms. The lowest BCUT2D eigenvalue weighted by atomic mass is 10.1. The smallest absolute Gasteiger partial charge is 0.468 e. The normalized spacial score (nSPS) is 11.6. The maximum atomic E-state index is 14.7. The molecule has 3 aromatic rings. The molecule has 2 nitrogen and oxygen atoms in total. The van der Waals surface area contributed by atoms with Crippen LogP contribution < -0.4 is 14.8 Å². The predicted octanol–water partition coefficient (Wildman–Crippen LogP) is 7.68. The molecular formula is C30H37F3O2Si. The fraction of sp³-hybridized carbons (Fsp3) is 0.400. The highest BCUT2D eigenvalue weighted by Gasteiger charge is 2.45. The second kappa shape index (κ2) is 14.9. The van der Waals surface area contributed by atoms with Gasteiger partial charge >= 0.3 is 8.56 Å². The zero-order chi connectivity index (χ0) is 25.6. The molecule has 3 rings (SSSR count). The molecule has 0 aromatic heterocycles. The Balaban J connectivity index is 1.73. The van der Waals surface area contributed by atoms with Crippen LogP contribution in [0, 0.1) is 17.5 Å². The molecule has 0 fully saturated rings. The second-order valence-electron chi connectivity index (χ2n) is 9.15. The van der Waals surface area contributed by atoms with Gasteiger partial charge in [0.2, 0.25) is 5.82 Å². The van der Waals surface area contributed by atoms with Crippen molar-refractivity contribution in [2.45, 2.75) is 71.1 Å². The Labute approximate surface area is 214 Å². The van der Waals surface area contributed by atoms with Crippen LogP contribution in [0.25, 0.3) is 0 Å². The third-order valence-electron chi connectivity index (χ3n) is 6.36. The molecule has 0 atom stereocenters. The van der Waals surface area contributed by atoms with Crippen LogP contribution in [0.3, 0.4) is 0 Å². The monoisotopic (exact) mass is 514 g/mol. The molecule has 0 N–H and O–H groups in total. The van der Waals surface area contributed by atoms with E-state index < -0.39 is 26.0 Å². The van der Waals surface area contributed by atoms with Crippen molar-refractivity contribution in [3.05, 3.63) is 90.2 Å². The summed E-state index contributed by atoms with van der Waals surface area (Å²) < 4.78 is 55.2. The summed E-state index contributed by atoms with van der Waals surface area (Å²) in [5.41, 5.74) is 0. The van der Waals surface area contributed by atoms with Crippen LogP contribution in [-0.2, 0) is 4.43 Å². The minimum absolute atomic E-state index is 0.351. The van der Waals surface area contributed by atoms with Gasteiger partial charge in [-0.1, -0.05) is 125 Å². The molecule has 0 amide bonds.